The molecular weight excluding hydrogens is 292 g/mol. The molecular formula is C17H22N4O2. The number of hydrogen-bond acceptors (Lipinski definition) is 4. The topological polar surface area (TPSA) is 71.2 Å². The Labute approximate surface area is 135 Å². The van der Waals surface area contributed by atoms with Crippen LogP contribution in [0.25, 0.3) is 0 Å². The van der Waals surface area contributed by atoms with Crippen molar-refractivity contribution in [1.29, 1.82) is 0 Å². The summed E-state index contributed by atoms with van der Waals surface area (Å²) in [7, 11) is 1.93. The molecule has 0 radical (unpaired) electrons. The summed E-state index contributed by atoms with van der Waals surface area (Å²) in [5.74, 6) is 1.37. The SMILES string of the molecule is Cc1nc(CN2CCC[C@@H](c3ccc(C(=O)O)cc3)C2)n(C)n1. The Bertz CT molecular complexity index is 693. The van der Waals surface area contributed by atoms with E-state index in [1.807, 2.05) is 30.8 Å². The highest BCUT2D eigenvalue weighted by atomic mass is 16.4. The van der Waals surface area contributed by atoms with Crippen molar-refractivity contribution < 1.29 is 9.90 Å². The smallest absolute Gasteiger partial charge is 0.335 e. The first-order valence-electron chi connectivity index (χ1n) is 7.95. The van der Waals surface area contributed by atoms with E-state index in [4.69, 9.17) is 5.11 Å². The van der Waals surface area contributed by atoms with Crippen LogP contribution in [0.15, 0.2) is 24.3 Å². The van der Waals surface area contributed by atoms with Crippen molar-refractivity contribution in [3.8, 4) is 0 Å². The Kier molecular flexibility index (Phi) is 4.43. The first-order valence-corrected chi connectivity index (χ1v) is 7.95. The van der Waals surface area contributed by atoms with Gasteiger partial charge in [-0.15, -0.1) is 0 Å². The summed E-state index contributed by atoms with van der Waals surface area (Å²) >= 11 is 0. The van der Waals surface area contributed by atoms with Gasteiger partial charge in [-0.2, -0.15) is 5.10 Å². The minimum absolute atomic E-state index is 0.343. The van der Waals surface area contributed by atoms with Crippen LogP contribution in [0.3, 0.4) is 0 Å². The zero-order valence-corrected chi connectivity index (χ0v) is 13.6. The Morgan fingerprint density at radius 2 is 2.09 bits per heavy atom. The number of piperidine rings is 1. The zero-order chi connectivity index (χ0) is 16.4. The number of carboxylic acid groups (broad SMARTS) is 1. The lowest BCUT2D eigenvalue weighted by molar-refractivity contribution is 0.0697. The summed E-state index contributed by atoms with van der Waals surface area (Å²) in [5, 5.41) is 13.3. The number of aryl methyl sites for hydroxylation is 2. The summed E-state index contributed by atoms with van der Waals surface area (Å²) in [5.41, 5.74) is 1.56. The molecule has 0 aliphatic carbocycles. The molecule has 1 saturated heterocycles. The molecule has 122 valence electrons. The van der Waals surface area contributed by atoms with Gasteiger partial charge in [-0.3, -0.25) is 9.58 Å². The summed E-state index contributed by atoms with van der Waals surface area (Å²) in [6.45, 7) is 4.75. The predicted octanol–water partition coefficient (Wildman–Crippen LogP) is 2.20. The van der Waals surface area contributed by atoms with Gasteiger partial charge in [0.1, 0.15) is 11.6 Å². The van der Waals surface area contributed by atoms with Gasteiger partial charge >= 0.3 is 5.97 Å². The summed E-state index contributed by atoms with van der Waals surface area (Å²) in [6.07, 6.45) is 2.28. The van der Waals surface area contributed by atoms with Crippen molar-refractivity contribution in [3.63, 3.8) is 0 Å². The lowest BCUT2D eigenvalue weighted by Crippen LogP contribution is -2.34. The second kappa shape index (κ2) is 6.50. The van der Waals surface area contributed by atoms with Crippen LogP contribution in [-0.4, -0.2) is 43.8 Å². The maximum atomic E-state index is 11.0. The van der Waals surface area contributed by atoms with Crippen LogP contribution in [0.4, 0.5) is 0 Å². The van der Waals surface area contributed by atoms with Crippen LogP contribution >= 0.6 is 0 Å². The molecule has 1 fully saturated rings. The van der Waals surface area contributed by atoms with Crippen LogP contribution in [0, 0.1) is 6.92 Å². The fourth-order valence-electron chi connectivity index (χ4n) is 3.26. The van der Waals surface area contributed by atoms with E-state index in [0.717, 1.165) is 44.1 Å². The van der Waals surface area contributed by atoms with Gasteiger partial charge in [0.15, 0.2) is 0 Å². The molecule has 0 saturated carbocycles. The van der Waals surface area contributed by atoms with E-state index in [9.17, 15) is 4.79 Å². The van der Waals surface area contributed by atoms with Crippen LogP contribution < -0.4 is 0 Å². The number of aromatic carboxylic acids is 1. The number of aromatic nitrogens is 3. The summed E-state index contributed by atoms with van der Waals surface area (Å²) < 4.78 is 1.85. The van der Waals surface area contributed by atoms with E-state index in [0.29, 0.717) is 11.5 Å². The molecule has 2 aromatic rings. The van der Waals surface area contributed by atoms with Crippen molar-refractivity contribution in [1.82, 2.24) is 19.7 Å². The number of nitrogens with zero attached hydrogens (tertiary/aromatic N) is 4. The molecule has 2 heterocycles. The first-order chi connectivity index (χ1) is 11.0. The molecule has 1 aromatic heterocycles. The van der Waals surface area contributed by atoms with Crippen molar-refractivity contribution in [2.45, 2.75) is 32.2 Å². The summed E-state index contributed by atoms with van der Waals surface area (Å²) in [4.78, 5) is 17.8. The maximum Gasteiger partial charge on any atom is 0.335 e. The standard InChI is InChI=1S/C17H22N4O2/c1-12-18-16(20(2)19-12)11-21-9-3-4-15(10-21)13-5-7-14(8-6-13)17(22)23/h5-8,15H,3-4,9-11H2,1-2H3,(H,22,23)/t15-/m1/s1. The molecule has 1 aromatic carbocycles. The number of hydrogen-bond donors (Lipinski definition) is 1. The minimum Gasteiger partial charge on any atom is -0.478 e. The van der Waals surface area contributed by atoms with E-state index in [1.54, 1.807) is 12.1 Å². The van der Waals surface area contributed by atoms with Gasteiger partial charge in [-0.25, -0.2) is 9.78 Å². The molecule has 3 rings (SSSR count). The van der Waals surface area contributed by atoms with Gasteiger partial charge in [0.05, 0.1) is 12.1 Å². The second-order valence-corrected chi connectivity index (χ2v) is 6.20. The van der Waals surface area contributed by atoms with Crippen molar-refractivity contribution in [3.05, 3.63) is 47.0 Å². The third-order valence-electron chi connectivity index (χ3n) is 4.46. The van der Waals surface area contributed by atoms with E-state index in [-0.39, 0.29) is 0 Å². The van der Waals surface area contributed by atoms with E-state index in [2.05, 4.69) is 15.0 Å². The van der Waals surface area contributed by atoms with Crippen molar-refractivity contribution in [2.75, 3.05) is 13.1 Å². The van der Waals surface area contributed by atoms with Crippen molar-refractivity contribution in [2.24, 2.45) is 7.05 Å². The van der Waals surface area contributed by atoms with Gasteiger partial charge in [0, 0.05) is 13.6 Å². The summed E-state index contributed by atoms with van der Waals surface area (Å²) in [6, 6.07) is 7.29. The number of likely N-dealkylation sites (tertiary alicyclic amines) is 1. The van der Waals surface area contributed by atoms with Crippen LogP contribution in [0.2, 0.25) is 0 Å². The number of rotatable bonds is 4. The Hall–Kier alpha value is -2.21. The Morgan fingerprint density at radius 3 is 2.70 bits per heavy atom. The molecule has 0 spiro atoms. The molecule has 6 nitrogen and oxygen atoms in total. The minimum atomic E-state index is -0.875. The normalized spacial score (nSPS) is 19.0. The third kappa shape index (κ3) is 3.59. The second-order valence-electron chi connectivity index (χ2n) is 6.20. The van der Waals surface area contributed by atoms with Gasteiger partial charge in [-0.05, 0) is 49.9 Å². The largest absolute Gasteiger partial charge is 0.478 e. The lowest BCUT2D eigenvalue weighted by atomic mass is 9.90. The predicted molar refractivity (Wildman–Crippen MR) is 86.4 cm³/mol. The third-order valence-corrected chi connectivity index (χ3v) is 4.46. The highest BCUT2D eigenvalue weighted by Crippen LogP contribution is 2.27. The van der Waals surface area contributed by atoms with E-state index >= 15 is 0 Å². The lowest BCUT2D eigenvalue weighted by Gasteiger charge is -2.32. The Balaban J connectivity index is 1.68. The molecule has 0 unspecified atom stereocenters. The fourth-order valence-corrected chi connectivity index (χ4v) is 3.26. The highest BCUT2D eigenvalue weighted by molar-refractivity contribution is 5.87. The van der Waals surface area contributed by atoms with Gasteiger partial charge < -0.3 is 5.11 Å². The molecule has 23 heavy (non-hydrogen) atoms. The first kappa shape index (κ1) is 15.7. The molecule has 1 aliphatic heterocycles. The van der Waals surface area contributed by atoms with E-state index < -0.39 is 5.97 Å². The Morgan fingerprint density at radius 1 is 1.35 bits per heavy atom. The van der Waals surface area contributed by atoms with Gasteiger partial charge in [-0.1, -0.05) is 12.1 Å². The monoisotopic (exact) mass is 314 g/mol. The number of carbonyl (C=O) groups is 1. The molecule has 1 N–H and O–H groups in total. The van der Waals surface area contributed by atoms with Gasteiger partial charge in [0.25, 0.3) is 0 Å². The van der Waals surface area contributed by atoms with Crippen molar-refractivity contribution >= 4 is 5.97 Å². The average Bonchev–Trinajstić information content (AvgIpc) is 2.85. The zero-order valence-electron chi connectivity index (χ0n) is 13.6. The van der Waals surface area contributed by atoms with E-state index in [1.165, 1.54) is 5.56 Å². The fraction of sp³-hybridized carbons (Fsp3) is 0.471. The number of carboxylic acids is 1. The molecule has 1 atom stereocenters. The molecule has 1 aliphatic rings. The highest BCUT2D eigenvalue weighted by Gasteiger charge is 2.22. The van der Waals surface area contributed by atoms with Crippen LogP contribution in [0.1, 0.15) is 46.3 Å². The van der Waals surface area contributed by atoms with Gasteiger partial charge in [0.2, 0.25) is 0 Å². The number of benzene rings is 1. The molecule has 0 amide bonds. The average molecular weight is 314 g/mol. The van der Waals surface area contributed by atoms with Crippen LogP contribution in [-0.2, 0) is 13.6 Å². The molecule has 0 bridgehead atoms. The molecule has 6 heteroatoms. The quantitative estimate of drug-likeness (QED) is 0.937. The van der Waals surface area contributed by atoms with Crippen LogP contribution in [0.5, 0.6) is 0 Å². The maximum absolute atomic E-state index is 11.0.